The molecule has 31 heavy (non-hydrogen) atoms. The maximum Gasteiger partial charge on any atom is 0.187 e. The second kappa shape index (κ2) is 13.3. The van der Waals surface area contributed by atoms with E-state index < -0.39 is 61.4 Å². The normalized spacial score (nSPS) is 41.4. The molecule has 10 atom stereocenters. The number of rotatable bonds is 12. The fraction of sp³-hybridized carbons (Fsp3) is 1.00. The average molecular weight is 455 g/mol. The fourth-order valence-electron chi connectivity index (χ4n) is 4.29. The van der Waals surface area contributed by atoms with Crippen LogP contribution in [0.25, 0.3) is 0 Å². The van der Waals surface area contributed by atoms with Crippen LogP contribution in [0.4, 0.5) is 0 Å². The van der Waals surface area contributed by atoms with Crippen LogP contribution < -0.4 is 0 Å². The zero-order valence-corrected chi connectivity index (χ0v) is 19.7. The first kappa shape index (κ1) is 26.8. The van der Waals surface area contributed by atoms with E-state index in [9.17, 15) is 0 Å². The third-order valence-electron chi connectivity index (χ3n) is 5.73. The Morgan fingerprint density at radius 2 is 0.871 bits per heavy atom. The molecular formula is C20H38O11. The second-order valence-electron chi connectivity index (χ2n) is 7.33. The number of methoxy groups -OCH3 is 8. The number of hydrogen-bond acceptors (Lipinski definition) is 11. The first-order chi connectivity index (χ1) is 15.0. The molecule has 0 aromatic carbocycles. The van der Waals surface area contributed by atoms with Gasteiger partial charge >= 0.3 is 0 Å². The van der Waals surface area contributed by atoms with Gasteiger partial charge in [-0.1, -0.05) is 0 Å². The highest BCUT2D eigenvalue weighted by Gasteiger charge is 2.53. The van der Waals surface area contributed by atoms with Gasteiger partial charge in [0.1, 0.15) is 48.8 Å². The van der Waals surface area contributed by atoms with Crippen molar-refractivity contribution in [2.24, 2.45) is 0 Å². The first-order valence-electron chi connectivity index (χ1n) is 10.2. The van der Waals surface area contributed by atoms with Gasteiger partial charge in [-0.15, -0.1) is 0 Å². The Morgan fingerprint density at radius 3 is 1.32 bits per heavy atom. The van der Waals surface area contributed by atoms with Crippen molar-refractivity contribution in [2.75, 3.05) is 70.1 Å². The Labute approximate surface area is 184 Å². The highest BCUT2D eigenvalue weighted by molar-refractivity contribution is 4.96. The minimum absolute atomic E-state index is 0.251. The summed E-state index contributed by atoms with van der Waals surface area (Å²) in [6.45, 7) is 0.540. The van der Waals surface area contributed by atoms with Gasteiger partial charge in [0.15, 0.2) is 12.6 Å². The molecule has 0 aliphatic carbocycles. The maximum absolute atomic E-state index is 6.43. The van der Waals surface area contributed by atoms with Crippen LogP contribution in [0.2, 0.25) is 0 Å². The van der Waals surface area contributed by atoms with Gasteiger partial charge < -0.3 is 52.1 Å². The van der Waals surface area contributed by atoms with Gasteiger partial charge in [0.05, 0.1) is 13.2 Å². The van der Waals surface area contributed by atoms with Crippen molar-refractivity contribution in [1.29, 1.82) is 0 Å². The van der Waals surface area contributed by atoms with Crippen LogP contribution in [-0.4, -0.2) is 132 Å². The first-order valence-corrected chi connectivity index (χ1v) is 10.2. The quantitative estimate of drug-likeness (QED) is 0.393. The third-order valence-corrected chi connectivity index (χ3v) is 5.73. The summed E-state index contributed by atoms with van der Waals surface area (Å²) >= 11 is 0. The maximum atomic E-state index is 6.43. The lowest BCUT2D eigenvalue weighted by atomic mass is 9.96. The molecule has 11 nitrogen and oxygen atoms in total. The van der Waals surface area contributed by atoms with Gasteiger partial charge in [-0.05, 0) is 0 Å². The van der Waals surface area contributed by atoms with Crippen LogP contribution in [0.1, 0.15) is 0 Å². The highest BCUT2D eigenvalue weighted by Crippen LogP contribution is 2.33. The standard InChI is InChI=1S/C20H38O11/c1-21-9-11-13(23-3)15(24-4)18(27-7)20(30-11)31-14-12(10-22-2)29-19(28-8)17(26-6)16(14)25-5/h11-20H,9-10H2,1-8H3/t11?,12?,13?,14-,15?,16?,17?,18?,19?,20-/m0/s1. The van der Waals surface area contributed by atoms with E-state index in [1.54, 1.807) is 56.9 Å². The van der Waals surface area contributed by atoms with E-state index in [1.165, 1.54) is 0 Å². The van der Waals surface area contributed by atoms with Crippen LogP contribution >= 0.6 is 0 Å². The van der Waals surface area contributed by atoms with Gasteiger partial charge in [0.25, 0.3) is 0 Å². The molecule has 0 aromatic heterocycles. The molecule has 8 unspecified atom stereocenters. The molecule has 2 aliphatic heterocycles. The molecular weight excluding hydrogens is 416 g/mol. The zero-order valence-electron chi connectivity index (χ0n) is 19.7. The molecule has 0 amide bonds. The summed E-state index contributed by atoms with van der Waals surface area (Å²) in [6, 6.07) is 0. The molecule has 0 saturated carbocycles. The molecule has 11 heteroatoms. The SMILES string of the molecule is COCC1O[C@@H](O[C@H]2C(COC)OC(OC)C(OC)C2OC)C(OC)C(OC)C1OC. The summed E-state index contributed by atoms with van der Waals surface area (Å²) in [5.41, 5.74) is 0. The Balaban J connectivity index is 2.32. The van der Waals surface area contributed by atoms with E-state index in [4.69, 9.17) is 52.1 Å². The van der Waals surface area contributed by atoms with Gasteiger partial charge in [-0.25, -0.2) is 0 Å². The topological polar surface area (TPSA) is 102 Å². The van der Waals surface area contributed by atoms with E-state index >= 15 is 0 Å². The summed E-state index contributed by atoms with van der Waals surface area (Å²) in [7, 11) is 12.6. The average Bonchev–Trinajstić information content (AvgIpc) is 2.79. The fourth-order valence-corrected chi connectivity index (χ4v) is 4.29. The van der Waals surface area contributed by atoms with Crippen molar-refractivity contribution in [3.63, 3.8) is 0 Å². The van der Waals surface area contributed by atoms with E-state index in [0.29, 0.717) is 0 Å². The molecule has 0 N–H and O–H groups in total. The Hall–Kier alpha value is -0.440. The van der Waals surface area contributed by atoms with Crippen LogP contribution in [0.5, 0.6) is 0 Å². The van der Waals surface area contributed by atoms with Crippen LogP contribution in [-0.2, 0) is 52.1 Å². The lowest BCUT2D eigenvalue weighted by Gasteiger charge is -2.49. The minimum atomic E-state index is -0.816. The predicted octanol–water partition coefficient (Wildman–Crippen LogP) is -0.164. The Kier molecular flexibility index (Phi) is 11.5. The van der Waals surface area contributed by atoms with Crippen LogP contribution in [0, 0.1) is 0 Å². The van der Waals surface area contributed by atoms with Gasteiger partial charge in [-0.2, -0.15) is 0 Å². The Morgan fingerprint density at radius 1 is 0.452 bits per heavy atom. The van der Waals surface area contributed by atoms with Crippen molar-refractivity contribution in [3.05, 3.63) is 0 Å². The van der Waals surface area contributed by atoms with E-state index in [0.717, 1.165) is 0 Å². The van der Waals surface area contributed by atoms with E-state index in [2.05, 4.69) is 0 Å². The zero-order chi connectivity index (χ0) is 23.0. The van der Waals surface area contributed by atoms with Gasteiger partial charge in [0.2, 0.25) is 0 Å². The molecule has 0 aromatic rings. The molecule has 0 spiro atoms. The predicted molar refractivity (Wildman–Crippen MR) is 107 cm³/mol. The summed E-state index contributed by atoms with van der Waals surface area (Å²) in [4.78, 5) is 0. The lowest BCUT2D eigenvalue weighted by Crippen LogP contribution is -2.66. The molecule has 2 fully saturated rings. The van der Waals surface area contributed by atoms with Crippen molar-refractivity contribution in [2.45, 2.75) is 61.4 Å². The summed E-state index contributed by atoms with van der Waals surface area (Å²) in [5.74, 6) is 0. The summed E-state index contributed by atoms with van der Waals surface area (Å²) < 4.78 is 63.2. The molecule has 0 radical (unpaired) electrons. The lowest BCUT2D eigenvalue weighted by molar-refractivity contribution is -0.365. The smallest absolute Gasteiger partial charge is 0.187 e. The molecule has 2 aliphatic rings. The summed E-state index contributed by atoms with van der Waals surface area (Å²) in [6.07, 6.45) is -5.50. The van der Waals surface area contributed by atoms with Crippen molar-refractivity contribution in [1.82, 2.24) is 0 Å². The molecule has 0 bridgehead atoms. The van der Waals surface area contributed by atoms with Crippen molar-refractivity contribution in [3.8, 4) is 0 Å². The molecule has 2 heterocycles. The van der Waals surface area contributed by atoms with Gasteiger partial charge in [-0.3, -0.25) is 0 Å². The largest absolute Gasteiger partial charge is 0.382 e. The summed E-state index contributed by atoms with van der Waals surface area (Å²) in [5, 5.41) is 0. The van der Waals surface area contributed by atoms with E-state index in [-0.39, 0.29) is 13.2 Å². The number of ether oxygens (including phenoxy) is 11. The third kappa shape index (κ3) is 5.92. The van der Waals surface area contributed by atoms with Crippen molar-refractivity contribution >= 4 is 0 Å². The van der Waals surface area contributed by atoms with Crippen LogP contribution in [0.3, 0.4) is 0 Å². The Bertz CT molecular complexity index is 496. The number of hydrogen-bond donors (Lipinski definition) is 0. The van der Waals surface area contributed by atoms with Gasteiger partial charge in [0, 0.05) is 56.9 Å². The minimum Gasteiger partial charge on any atom is -0.382 e. The second-order valence-corrected chi connectivity index (χ2v) is 7.33. The molecule has 2 rings (SSSR count). The molecule has 184 valence electrons. The molecule has 2 saturated heterocycles. The monoisotopic (exact) mass is 454 g/mol. The van der Waals surface area contributed by atoms with Crippen molar-refractivity contribution < 1.29 is 52.1 Å². The van der Waals surface area contributed by atoms with E-state index in [1.807, 2.05) is 0 Å². The highest BCUT2D eigenvalue weighted by atomic mass is 16.8. The van der Waals surface area contributed by atoms with Crippen LogP contribution in [0.15, 0.2) is 0 Å².